The van der Waals surface area contributed by atoms with Gasteiger partial charge in [0.05, 0.1) is 6.10 Å². The number of halogens is 1. The Hall–Kier alpha value is -2.88. The summed E-state index contributed by atoms with van der Waals surface area (Å²) in [5, 5.41) is 17.5. The third-order valence-electron chi connectivity index (χ3n) is 6.51. The lowest BCUT2D eigenvalue weighted by atomic mass is 10.0. The smallest absolute Gasteiger partial charge is 0.320 e. The summed E-state index contributed by atoms with van der Waals surface area (Å²) in [6, 6.07) is 12.2. The average molecular weight is 520 g/mol. The molecule has 0 spiro atoms. The molecular formula is C26H38ClN5O4. The number of nitrogens with one attached hydrogen (secondary N) is 2. The molecule has 1 aliphatic rings. The molecular weight excluding hydrogens is 482 g/mol. The third kappa shape index (κ3) is 7.32. The predicted octanol–water partition coefficient (Wildman–Crippen LogP) is 1.65. The normalized spacial score (nSPS) is 16.7. The van der Waals surface area contributed by atoms with Crippen LogP contribution in [0.15, 0.2) is 42.5 Å². The van der Waals surface area contributed by atoms with Crippen molar-refractivity contribution in [1.82, 2.24) is 20.4 Å². The molecule has 0 aromatic heterocycles. The Morgan fingerprint density at radius 3 is 2.50 bits per heavy atom. The molecule has 1 saturated heterocycles. The molecule has 10 heteroatoms. The number of carbonyl (C=O) groups excluding carboxylic acids is 3. The van der Waals surface area contributed by atoms with E-state index in [1.54, 1.807) is 9.80 Å². The van der Waals surface area contributed by atoms with Crippen molar-refractivity contribution in [3.8, 4) is 0 Å². The Morgan fingerprint density at radius 1 is 1.14 bits per heavy atom. The van der Waals surface area contributed by atoms with Gasteiger partial charge in [0.2, 0.25) is 11.8 Å². The molecule has 1 fully saturated rings. The molecule has 3 rings (SSSR count). The number of benzene rings is 2. The first-order valence-electron chi connectivity index (χ1n) is 12.4. The fraction of sp³-hybridized carbons (Fsp3) is 0.500. The van der Waals surface area contributed by atoms with Gasteiger partial charge in [-0.3, -0.25) is 9.59 Å². The second-order valence-electron chi connectivity index (χ2n) is 8.89. The van der Waals surface area contributed by atoms with E-state index in [-0.39, 0.29) is 43.9 Å². The maximum absolute atomic E-state index is 13.3. The lowest BCUT2D eigenvalue weighted by Gasteiger charge is -2.31. The van der Waals surface area contributed by atoms with Gasteiger partial charge in [0, 0.05) is 39.1 Å². The number of rotatable bonds is 10. The van der Waals surface area contributed by atoms with Gasteiger partial charge in [-0.15, -0.1) is 12.4 Å². The Balaban J connectivity index is 0.00000456. The Labute approximate surface area is 218 Å². The zero-order chi connectivity index (χ0) is 25.4. The SMILES string of the molecule is CCN(CC)C(=O)N1CCC[C@H]1C(=O)N[C@H](Cc1ccc2ccccc2c1)C(=O)NCC(O)CN.Cl. The van der Waals surface area contributed by atoms with Gasteiger partial charge < -0.3 is 31.3 Å². The molecule has 1 unspecified atom stereocenters. The highest BCUT2D eigenvalue weighted by atomic mass is 35.5. The number of nitrogens with two attached hydrogens (primary N) is 1. The molecule has 0 aliphatic carbocycles. The van der Waals surface area contributed by atoms with Gasteiger partial charge in [-0.2, -0.15) is 0 Å². The zero-order valence-electron chi connectivity index (χ0n) is 21.0. The second kappa shape index (κ2) is 14.0. The van der Waals surface area contributed by atoms with Gasteiger partial charge in [-0.05, 0) is 43.0 Å². The quantitative estimate of drug-likeness (QED) is 0.379. The number of aliphatic hydroxyl groups is 1. The van der Waals surface area contributed by atoms with Crippen molar-refractivity contribution < 1.29 is 19.5 Å². The first-order chi connectivity index (χ1) is 16.9. The molecule has 2 aromatic carbocycles. The van der Waals surface area contributed by atoms with E-state index in [4.69, 9.17) is 5.73 Å². The molecule has 1 heterocycles. The van der Waals surface area contributed by atoms with Crippen molar-refractivity contribution in [2.75, 3.05) is 32.7 Å². The lowest BCUT2D eigenvalue weighted by molar-refractivity contribution is -0.131. The van der Waals surface area contributed by atoms with Gasteiger partial charge in [0.15, 0.2) is 0 Å². The van der Waals surface area contributed by atoms with Crippen LogP contribution in [0.25, 0.3) is 10.8 Å². The predicted molar refractivity (Wildman–Crippen MR) is 143 cm³/mol. The van der Waals surface area contributed by atoms with E-state index in [9.17, 15) is 19.5 Å². The first kappa shape index (κ1) is 29.4. The highest BCUT2D eigenvalue weighted by Crippen LogP contribution is 2.21. The standard InChI is InChI=1S/C26H37N5O4.ClH/c1-3-30(4-2)26(35)31-13-7-10-23(31)25(34)29-22(24(33)28-17-21(32)16-27)15-18-11-12-19-8-5-6-9-20(19)14-18;/h5-6,8-9,11-12,14,21-23,32H,3-4,7,10,13,15-17,27H2,1-2H3,(H,28,33)(H,29,34);1H/t21?,22-,23+;/m1./s1. The van der Waals surface area contributed by atoms with Crippen LogP contribution < -0.4 is 16.4 Å². The molecule has 9 nitrogen and oxygen atoms in total. The summed E-state index contributed by atoms with van der Waals surface area (Å²) in [7, 11) is 0. The van der Waals surface area contributed by atoms with E-state index >= 15 is 0 Å². The van der Waals surface area contributed by atoms with Crippen molar-refractivity contribution in [2.24, 2.45) is 5.73 Å². The van der Waals surface area contributed by atoms with Crippen LogP contribution in [0.4, 0.5) is 4.79 Å². The van der Waals surface area contributed by atoms with Gasteiger partial charge in [0.1, 0.15) is 12.1 Å². The molecule has 2 aromatic rings. The largest absolute Gasteiger partial charge is 0.390 e. The Bertz CT molecular complexity index is 1030. The number of aliphatic hydroxyl groups excluding tert-OH is 1. The molecule has 1 aliphatic heterocycles. The highest BCUT2D eigenvalue weighted by Gasteiger charge is 2.37. The van der Waals surface area contributed by atoms with Gasteiger partial charge in [0.25, 0.3) is 0 Å². The minimum atomic E-state index is -0.868. The van der Waals surface area contributed by atoms with Crippen LogP contribution in [0, 0.1) is 0 Å². The van der Waals surface area contributed by atoms with Crippen molar-refractivity contribution in [3.05, 3.63) is 48.0 Å². The number of urea groups is 1. The fourth-order valence-corrected chi connectivity index (χ4v) is 4.45. The maximum atomic E-state index is 13.3. The Morgan fingerprint density at radius 2 is 1.83 bits per heavy atom. The number of carbonyl (C=O) groups is 3. The van der Waals surface area contributed by atoms with E-state index in [1.165, 1.54) is 0 Å². The number of nitrogens with zero attached hydrogens (tertiary/aromatic N) is 2. The molecule has 0 saturated carbocycles. The minimum absolute atomic E-state index is 0. The van der Waals surface area contributed by atoms with Gasteiger partial charge >= 0.3 is 6.03 Å². The number of fused-ring (bicyclic) bond motifs is 1. The fourth-order valence-electron chi connectivity index (χ4n) is 4.45. The second-order valence-corrected chi connectivity index (χ2v) is 8.89. The summed E-state index contributed by atoms with van der Waals surface area (Å²) in [6.45, 7) is 5.48. The van der Waals surface area contributed by atoms with E-state index < -0.39 is 24.1 Å². The molecule has 4 amide bonds. The topological polar surface area (TPSA) is 128 Å². The van der Waals surface area contributed by atoms with Gasteiger partial charge in [-0.25, -0.2) is 4.79 Å². The van der Waals surface area contributed by atoms with Crippen LogP contribution in [0.1, 0.15) is 32.3 Å². The summed E-state index contributed by atoms with van der Waals surface area (Å²) in [5.41, 5.74) is 6.35. The monoisotopic (exact) mass is 519 g/mol. The van der Waals surface area contributed by atoms with Crippen molar-refractivity contribution in [2.45, 2.75) is 51.3 Å². The van der Waals surface area contributed by atoms with Crippen LogP contribution in [-0.2, 0) is 16.0 Å². The minimum Gasteiger partial charge on any atom is -0.390 e. The summed E-state index contributed by atoms with van der Waals surface area (Å²) < 4.78 is 0. The first-order valence-corrected chi connectivity index (χ1v) is 12.4. The van der Waals surface area contributed by atoms with E-state index in [0.717, 1.165) is 22.8 Å². The molecule has 198 valence electrons. The Kier molecular flexibility index (Phi) is 11.4. The summed E-state index contributed by atoms with van der Waals surface area (Å²) in [4.78, 5) is 42.5. The molecule has 36 heavy (non-hydrogen) atoms. The van der Waals surface area contributed by atoms with Crippen molar-refractivity contribution in [1.29, 1.82) is 0 Å². The maximum Gasteiger partial charge on any atom is 0.320 e. The summed E-state index contributed by atoms with van der Waals surface area (Å²) >= 11 is 0. The third-order valence-corrected chi connectivity index (χ3v) is 6.51. The van der Waals surface area contributed by atoms with E-state index in [1.807, 2.05) is 56.3 Å². The number of amides is 4. The molecule has 0 radical (unpaired) electrons. The van der Waals surface area contributed by atoms with Crippen molar-refractivity contribution in [3.63, 3.8) is 0 Å². The highest BCUT2D eigenvalue weighted by molar-refractivity contribution is 5.92. The van der Waals surface area contributed by atoms with Crippen LogP contribution in [0.3, 0.4) is 0 Å². The van der Waals surface area contributed by atoms with Crippen molar-refractivity contribution >= 4 is 41.0 Å². The number of likely N-dealkylation sites (tertiary alicyclic amines) is 1. The van der Waals surface area contributed by atoms with Crippen LogP contribution in [0.2, 0.25) is 0 Å². The van der Waals surface area contributed by atoms with Gasteiger partial charge in [-0.1, -0.05) is 42.5 Å². The zero-order valence-corrected chi connectivity index (χ0v) is 21.8. The molecule has 3 atom stereocenters. The number of hydrogen-bond donors (Lipinski definition) is 4. The number of hydrogen-bond acceptors (Lipinski definition) is 5. The van der Waals surface area contributed by atoms with Crippen LogP contribution in [0.5, 0.6) is 0 Å². The van der Waals surface area contributed by atoms with E-state index in [0.29, 0.717) is 26.1 Å². The molecule has 0 bridgehead atoms. The summed E-state index contributed by atoms with van der Waals surface area (Å²) in [6.07, 6.45) is 0.690. The summed E-state index contributed by atoms with van der Waals surface area (Å²) in [5.74, 6) is -0.748. The van der Waals surface area contributed by atoms with Crippen LogP contribution in [-0.4, -0.2) is 83.7 Å². The van der Waals surface area contributed by atoms with Crippen LogP contribution >= 0.6 is 12.4 Å². The lowest BCUT2D eigenvalue weighted by Crippen LogP contribution is -2.56. The van der Waals surface area contributed by atoms with E-state index in [2.05, 4.69) is 10.6 Å². The average Bonchev–Trinajstić information content (AvgIpc) is 3.37. The molecule has 5 N–H and O–H groups in total.